The van der Waals surface area contributed by atoms with Crippen LogP contribution < -0.4 is 0 Å². The van der Waals surface area contributed by atoms with Crippen molar-refractivity contribution < 1.29 is 23.8 Å². The monoisotopic (exact) mass is 282 g/mol. The maximum atomic E-state index is 10.9. The fraction of sp³-hybridized carbons (Fsp3) is 0.400. The first kappa shape index (κ1) is 16.0. The molecule has 0 aromatic heterocycles. The molecule has 0 N–H and O–H groups in total. The van der Waals surface area contributed by atoms with Crippen molar-refractivity contribution in [2.45, 2.75) is 12.6 Å². The Kier molecular flexibility index (Phi) is 8.49. The molecular formula is C10H12Cl2O5. The van der Waals surface area contributed by atoms with E-state index in [1.165, 1.54) is 12.2 Å². The predicted molar refractivity (Wildman–Crippen MR) is 62.7 cm³/mol. The van der Waals surface area contributed by atoms with Crippen LogP contribution in [-0.2, 0) is 23.8 Å². The van der Waals surface area contributed by atoms with E-state index in [1.807, 2.05) is 0 Å². The second-order valence-electron chi connectivity index (χ2n) is 2.59. The molecule has 2 atom stereocenters. The van der Waals surface area contributed by atoms with Gasteiger partial charge in [0.15, 0.2) is 0 Å². The van der Waals surface area contributed by atoms with Crippen LogP contribution in [0.5, 0.6) is 0 Å². The van der Waals surface area contributed by atoms with Crippen LogP contribution in [0.1, 0.15) is 0 Å². The van der Waals surface area contributed by atoms with Gasteiger partial charge in [-0.05, 0) is 12.2 Å². The molecule has 2 unspecified atom stereocenters. The van der Waals surface area contributed by atoms with Crippen LogP contribution in [0.4, 0.5) is 0 Å². The van der Waals surface area contributed by atoms with E-state index in [0.717, 1.165) is 0 Å². The molecule has 17 heavy (non-hydrogen) atoms. The van der Waals surface area contributed by atoms with E-state index < -0.39 is 24.5 Å². The number of carbonyl (C=O) groups excluding carboxylic acids is 2. The summed E-state index contributed by atoms with van der Waals surface area (Å²) in [4.78, 5) is 21.8. The highest BCUT2D eigenvalue weighted by molar-refractivity contribution is 6.26. The summed E-state index contributed by atoms with van der Waals surface area (Å²) in [5.41, 5.74) is 0. The Balaban J connectivity index is 4.30. The average Bonchev–Trinajstić information content (AvgIpc) is 2.36. The van der Waals surface area contributed by atoms with Gasteiger partial charge in [0.1, 0.15) is 11.8 Å². The third kappa shape index (κ3) is 6.99. The lowest BCUT2D eigenvalue weighted by atomic mass is 10.5. The van der Waals surface area contributed by atoms with Gasteiger partial charge in [-0.25, -0.2) is 0 Å². The van der Waals surface area contributed by atoms with Crippen molar-refractivity contribution >= 4 is 35.1 Å². The lowest BCUT2D eigenvalue weighted by Crippen LogP contribution is -2.28. The molecule has 0 saturated carbocycles. The highest BCUT2D eigenvalue weighted by atomic mass is 35.5. The van der Waals surface area contributed by atoms with E-state index in [4.69, 9.17) is 37.4 Å². The molecule has 0 fully saturated rings. The van der Waals surface area contributed by atoms with E-state index in [-0.39, 0.29) is 11.8 Å². The van der Waals surface area contributed by atoms with Gasteiger partial charge in [0.25, 0.3) is 0 Å². The zero-order valence-corrected chi connectivity index (χ0v) is 10.4. The summed E-state index contributed by atoms with van der Waals surface area (Å²) in [5.74, 6) is -2.03. The molecule has 0 aromatic carbocycles. The Bertz CT molecular complexity index is 264. The van der Waals surface area contributed by atoms with Crippen LogP contribution in [0.15, 0.2) is 25.3 Å². The topological polar surface area (TPSA) is 61.8 Å². The van der Waals surface area contributed by atoms with Crippen molar-refractivity contribution in [2.24, 2.45) is 0 Å². The molecule has 0 heterocycles. The zero-order chi connectivity index (χ0) is 13.3. The number of hydrogen-bond donors (Lipinski definition) is 0. The minimum Gasteiger partial charge on any atom is -0.431 e. The molecule has 96 valence electrons. The smallest absolute Gasteiger partial charge is 0.323 e. The van der Waals surface area contributed by atoms with Gasteiger partial charge in [0.2, 0.25) is 12.6 Å². The highest BCUT2D eigenvalue weighted by Crippen LogP contribution is 2.06. The number of hydrogen-bond acceptors (Lipinski definition) is 5. The minimum absolute atomic E-state index is 0.325. The van der Waals surface area contributed by atoms with Crippen LogP contribution >= 0.6 is 23.2 Å². The first-order valence-corrected chi connectivity index (χ1v) is 5.55. The first-order chi connectivity index (χ1) is 8.07. The van der Waals surface area contributed by atoms with E-state index in [2.05, 4.69) is 13.2 Å². The molecule has 0 amide bonds. The number of alkyl halides is 2. The Morgan fingerprint density at radius 3 is 1.59 bits per heavy atom. The third-order valence-corrected chi connectivity index (χ3v) is 1.80. The van der Waals surface area contributed by atoms with Gasteiger partial charge >= 0.3 is 11.9 Å². The lowest BCUT2D eigenvalue weighted by Gasteiger charge is -2.19. The van der Waals surface area contributed by atoms with Crippen molar-refractivity contribution in [1.29, 1.82) is 0 Å². The van der Waals surface area contributed by atoms with Crippen LogP contribution in [0.3, 0.4) is 0 Å². The summed E-state index contributed by atoms with van der Waals surface area (Å²) in [6.45, 7) is 6.78. The van der Waals surface area contributed by atoms with Crippen LogP contribution in [0.2, 0.25) is 0 Å². The van der Waals surface area contributed by atoms with E-state index in [0.29, 0.717) is 0 Å². The second kappa shape index (κ2) is 9.04. The highest BCUT2D eigenvalue weighted by Gasteiger charge is 2.18. The summed E-state index contributed by atoms with van der Waals surface area (Å²) in [5, 5.41) is 0. The van der Waals surface area contributed by atoms with E-state index in [9.17, 15) is 9.59 Å². The van der Waals surface area contributed by atoms with Crippen molar-refractivity contribution in [3.8, 4) is 0 Å². The van der Waals surface area contributed by atoms with Gasteiger partial charge in [-0.1, -0.05) is 13.2 Å². The quantitative estimate of drug-likeness (QED) is 0.293. The Labute approximate surface area is 109 Å². The normalized spacial score (nSPS) is 13.3. The molecule has 0 aliphatic heterocycles. The van der Waals surface area contributed by atoms with Gasteiger partial charge in [0.05, 0.1) is 0 Å². The van der Waals surface area contributed by atoms with Crippen molar-refractivity contribution in [1.82, 2.24) is 0 Å². The van der Waals surface area contributed by atoms with Crippen LogP contribution in [0.25, 0.3) is 0 Å². The number of carbonyl (C=O) groups is 2. The Morgan fingerprint density at radius 2 is 1.35 bits per heavy atom. The van der Waals surface area contributed by atoms with Crippen molar-refractivity contribution in [2.75, 3.05) is 11.8 Å². The van der Waals surface area contributed by atoms with Gasteiger partial charge < -0.3 is 9.47 Å². The summed E-state index contributed by atoms with van der Waals surface area (Å²) in [6.07, 6.45) is 0.227. The lowest BCUT2D eigenvalue weighted by molar-refractivity contribution is -0.208. The summed E-state index contributed by atoms with van der Waals surface area (Å²) < 4.78 is 14.5. The number of rotatable bonds is 8. The molecule has 0 bridgehead atoms. The van der Waals surface area contributed by atoms with E-state index >= 15 is 0 Å². The fourth-order valence-corrected chi connectivity index (χ4v) is 0.843. The van der Waals surface area contributed by atoms with Crippen LogP contribution in [0, 0.1) is 0 Å². The van der Waals surface area contributed by atoms with Gasteiger partial charge in [-0.15, -0.1) is 23.2 Å². The van der Waals surface area contributed by atoms with Crippen LogP contribution in [-0.4, -0.2) is 36.3 Å². The maximum Gasteiger partial charge on any atom is 0.323 e. The van der Waals surface area contributed by atoms with Gasteiger partial charge in [0, 0.05) is 0 Å². The Hall–Kier alpha value is -1.04. The maximum absolute atomic E-state index is 10.9. The standard InChI is InChI=1S/C10H12Cl2O5/c1-3-9(15-7(13)5-11)17-10(4-2)16-8(14)6-12/h3-4,9-10H,1-2,5-6H2. The predicted octanol–water partition coefficient (Wildman–Crippen LogP) is 1.59. The second-order valence-corrected chi connectivity index (χ2v) is 3.13. The minimum atomic E-state index is -1.09. The molecule has 0 aliphatic rings. The molecular weight excluding hydrogens is 271 g/mol. The largest absolute Gasteiger partial charge is 0.431 e. The SMILES string of the molecule is C=CC(OC(=O)CCl)OC(C=C)OC(=O)CCl. The number of halogens is 2. The molecule has 0 spiro atoms. The van der Waals surface area contributed by atoms with Gasteiger partial charge in [-0.2, -0.15) is 0 Å². The molecule has 7 heteroatoms. The number of esters is 2. The van der Waals surface area contributed by atoms with Gasteiger partial charge in [-0.3, -0.25) is 14.3 Å². The molecule has 0 saturated heterocycles. The molecule has 0 radical (unpaired) electrons. The van der Waals surface area contributed by atoms with E-state index in [1.54, 1.807) is 0 Å². The molecule has 0 rings (SSSR count). The fourth-order valence-electron chi connectivity index (χ4n) is 0.717. The summed E-state index contributed by atoms with van der Waals surface area (Å²) >= 11 is 10.5. The molecule has 0 aromatic rings. The first-order valence-electron chi connectivity index (χ1n) is 4.48. The third-order valence-electron chi connectivity index (χ3n) is 1.37. The molecule has 0 aliphatic carbocycles. The summed E-state index contributed by atoms with van der Waals surface area (Å²) in [7, 11) is 0. The number of ether oxygens (including phenoxy) is 3. The van der Waals surface area contributed by atoms with Crippen molar-refractivity contribution in [3.63, 3.8) is 0 Å². The average molecular weight is 283 g/mol. The molecule has 5 nitrogen and oxygen atoms in total. The zero-order valence-electron chi connectivity index (χ0n) is 8.93. The van der Waals surface area contributed by atoms with Crippen molar-refractivity contribution in [3.05, 3.63) is 25.3 Å². The Morgan fingerprint density at radius 1 is 1.00 bits per heavy atom. The summed E-state index contributed by atoms with van der Waals surface area (Å²) in [6, 6.07) is 0.